The van der Waals surface area contributed by atoms with Crippen LogP contribution in [0.2, 0.25) is 0 Å². The van der Waals surface area contributed by atoms with E-state index in [-0.39, 0.29) is 13.2 Å². The first-order chi connectivity index (χ1) is 7.83. The average Bonchev–Trinajstić information content (AvgIpc) is 2.33. The number of nitrogens with one attached hydrogen (secondary N) is 1. The molecule has 0 saturated heterocycles. The largest absolute Gasteiger partial charge is 0.449 e. The summed E-state index contributed by atoms with van der Waals surface area (Å²) in [5, 5.41) is 6.00. The van der Waals surface area contributed by atoms with Gasteiger partial charge in [-0.05, 0) is 24.3 Å². The topological polar surface area (TPSA) is 87.1 Å². The monoisotopic (exact) mass is 226 g/mol. The zero-order valence-electron chi connectivity index (χ0n) is 9.39. The van der Waals surface area contributed by atoms with Gasteiger partial charge < -0.3 is 10.1 Å². The summed E-state index contributed by atoms with van der Waals surface area (Å²) < 4.78 is 4.82. The zero-order valence-corrected chi connectivity index (χ0v) is 9.39. The second kappa shape index (κ2) is 7.82. The molecule has 0 heterocycles. The van der Waals surface area contributed by atoms with Crippen LogP contribution >= 0.6 is 0 Å². The van der Waals surface area contributed by atoms with Gasteiger partial charge in [-0.3, -0.25) is 0 Å². The van der Waals surface area contributed by atoms with Crippen LogP contribution in [0.5, 0.6) is 0 Å². The average molecular weight is 226 g/mol. The lowest BCUT2D eigenvalue weighted by molar-refractivity contribution is 0.146. The number of nitrogens with zero attached hydrogens (tertiary/aromatic N) is 3. The van der Waals surface area contributed by atoms with E-state index in [0.717, 1.165) is 0 Å². The Bertz CT molecular complexity index is 258. The third kappa shape index (κ3) is 5.46. The molecule has 6 nitrogen and oxygen atoms in total. The van der Waals surface area contributed by atoms with Crippen molar-refractivity contribution in [2.24, 2.45) is 11.0 Å². The fourth-order valence-electron chi connectivity index (χ4n) is 1.89. The Hall–Kier alpha value is -1.42. The lowest BCUT2D eigenvalue weighted by Gasteiger charge is -2.21. The molecule has 0 spiro atoms. The van der Waals surface area contributed by atoms with E-state index in [1.165, 1.54) is 32.1 Å². The fourth-order valence-corrected chi connectivity index (χ4v) is 1.89. The van der Waals surface area contributed by atoms with Crippen LogP contribution in [0.4, 0.5) is 4.79 Å². The highest BCUT2D eigenvalue weighted by Gasteiger charge is 2.14. The number of hydrogen-bond donors (Lipinski definition) is 1. The van der Waals surface area contributed by atoms with E-state index in [0.29, 0.717) is 12.5 Å². The molecule has 1 aliphatic carbocycles. The Morgan fingerprint density at radius 3 is 2.88 bits per heavy atom. The van der Waals surface area contributed by atoms with E-state index in [4.69, 9.17) is 10.3 Å². The van der Waals surface area contributed by atoms with Gasteiger partial charge in [0, 0.05) is 11.5 Å². The van der Waals surface area contributed by atoms with Crippen molar-refractivity contribution >= 4 is 6.09 Å². The van der Waals surface area contributed by atoms with Crippen LogP contribution in [0.15, 0.2) is 5.11 Å². The van der Waals surface area contributed by atoms with Gasteiger partial charge >= 0.3 is 6.09 Å². The van der Waals surface area contributed by atoms with Gasteiger partial charge in [0.15, 0.2) is 0 Å². The summed E-state index contributed by atoms with van der Waals surface area (Å²) in [4.78, 5) is 13.7. The van der Waals surface area contributed by atoms with Crippen molar-refractivity contribution in [3.63, 3.8) is 0 Å². The summed E-state index contributed by atoms with van der Waals surface area (Å²) in [6.07, 6.45) is 5.81. The number of carbonyl (C=O) groups is 1. The summed E-state index contributed by atoms with van der Waals surface area (Å²) in [6, 6.07) is 0. The van der Waals surface area contributed by atoms with Crippen molar-refractivity contribution in [3.05, 3.63) is 10.4 Å². The summed E-state index contributed by atoms with van der Waals surface area (Å²) in [5.74, 6) is 0.596. The third-order valence-corrected chi connectivity index (χ3v) is 2.75. The maximum absolute atomic E-state index is 11.2. The van der Waals surface area contributed by atoms with Gasteiger partial charge in [-0.25, -0.2) is 4.79 Å². The molecule has 1 rings (SSSR count). The summed E-state index contributed by atoms with van der Waals surface area (Å²) >= 11 is 0. The summed E-state index contributed by atoms with van der Waals surface area (Å²) in [7, 11) is 0. The Labute approximate surface area is 95.0 Å². The van der Waals surface area contributed by atoms with E-state index in [1.807, 2.05) is 0 Å². The van der Waals surface area contributed by atoms with Gasteiger partial charge in [-0.1, -0.05) is 24.4 Å². The Kier molecular flexibility index (Phi) is 6.18. The molecule has 1 saturated carbocycles. The second-order valence-electron chi connectivity index (χ2n) is 3.98. The van der Waals surface area contributed by atoms with E-state index >= 15 is 0 Å². The van der Waals surface area contributed by atoms with Crippen LogP contribution in [0.25, 0.3) is 10.4 Å². The first-order valence-electron chi connectivity index (χ1n) is 5.74. The molecule has 0 atom stereocenters. The van der Waals surface area contributed by atoms with Crippen molar-refractivity contribution in [2.75, 3.05) is 19.7 Å². The number of hydrogen-bond acceptors (Lipinski definition) is 3. The number of ether oxygens (including phenoxy) is 1. The molecule has 6 heteroatoms. The molecule has 16 heavy (non-hydrogen) atoms. The molecule has 0 bridgehead atoms. The molecule has 1 N–H and O–H groups in total. The molecule has 0 radical (unpaired) electrons. The Morgan fingerprint density at radius 1 is 1.44 bits per heavy atom. The second-order valence-corrected chi connectivity index (χ2v) is 3.98. The summed E-state index contributed by atoms with van der Waals surface area (Å²) in [5.41, 5.74) is 8.01. The molecular formula is C10H18N4O2. The minimum absolute atomic E-state index is 0.139. The minimum atomic E-state index is -0.418. The quantitative estimate of drug-likeness (QED) is 0.338. The van der Waals surface area contributed by atoms with Crippen molar-refractivity contribution in [1.29, 1.82) is 0 Å². The van der Waals surface area contributed by atoms with Crippen LogP contribution in [-0.2, 0) is 4.74 Å². The number of carbonyl (C=O) groups excluding carboxylic acids is 1. The Morgan fingerprint density at radius 2 is 2.19 bits per heavy atom. The van der Waals surface area contributed by atoms with Gasteiger partial charge in [0.2, 0.25) is 0 Å². The molecule has 1 aliphatic rings. The normalized spacial score (nSPS) is 16.2. The van der Waals surface area contributed by atoms with Crippen molar-refractivity contribution < 1.29 is 9.53 Å². The standard InChI is InChI=1S/C10H18N4O2/c11-14-13-6-7-16-10(15)12-8-9-4-2-1-3-5-9/h9H,1-8H2,(H,12,15). The van der Waals surface area contributed by atoms with Crippen LogP contribution < -0.4 is 5.32 Å². The molecular weight excluding hydrogens is 208 g/mol. The van der Waals surface area contributed by atoms with Gasteiger partial charge in [0.1, 0.15) is 0 Å². The van der Waals surface area contributed by atoms with Crippen LogP contribution in [-0.4, -0.2) is 25.8 Å². The highest BCUT2D eigenvalue weighted by Crippen LogP contribution is 2.22. The van der Waals surface area contributed by atoms with E-state index in [2.05, 4.69) is 15.3 Å². The van der Waals surface area contributed by atoms with Gasteiger partial charge in [0.25, 0.3) is 0 Å². The highest BCUT2D eigenvalue weighted by molar-refractivity contribution is 5.67. The SMILES string of the molecule is [N-]=[N+]=NCCOC(=O)NCC1CCCCC1. The maximum atomic E-state index is 11.2. The molecule has 0 aliphatic heterocycles. The van der Waals surface area contributed by atoms with Gasteiger partial charge in [0.05, 0.1) is 13.2 Å². The minimum Gasteiger partial charge on any atom is -0.449 e. The number of alkyl carbamates (subject to hydrolysis) is 1. The smallest absolute Gasteiger partial charge is 0.407 e. The van der Waals surface area contributed by atoms with Crippen molar-refractivity contribution in [3.8, 4) is 0 Å². The molecule has 0 aromatic heterocycles. The first kappa shape index (κ1) is 12.6. The van der Waals surface area contributed by atoms with E-state index in [9.17, 15) is 4.79 Å². The lowest BCUT2D eigenvalue weighted by atomic mass is 9.89. The molecule has 90 valence electrons. The van der Waals surface area contributed by atoms with E-state index < -0.39 is 6.09 Å². The number of amides is 1. The predicted molar refractivity (Wildman–Crippen MR) is 59.9 cm³/mol. The fraction of sp³-hybridized carbons (Fsp3) is 0.900. The molecule has 0 aromatic carbocycles. The van der Waals surface area contributed by atoms with E-state index in [1.54, 1.807) is 0 Å². The summed E-state index contributed by atoms with van der Waals surface area (Å²) in [6.45, 7) is 1.02. The number of rotatable bonds is 5. The van der Waals surface area contributed by atoms with Crippen LogP contribution in [0.1, 0.15) is 32.1 Å². The lowest BCUT2D eigenvalue weighted by Crippen LogP contribution is -2.31. The van der Waals surface area contributed by atoms with Crippen LogP contribution in [0.3, 0.4) is 0 Å². The third-order valence-electron chi connectivity index (χ3n) is 2.75. The first-order valence-corrected chi connectivity index (χ1v) is 5.74. The van der Waals surface area contributed by atoms with Gasteiger partial charge in [-0.2, -0.15) is 0 Å². The predicted octanol–water partition coefficient (Wildman–Crippen LogP) is 2.60. The highest BCUT2D eigenvalue weighted by atomic mass is 16.5. The van der Waals surface area contributed by atoms with Crippen molar-refractivity contribution in [2.45, 2.75) is 32.1 Å². The van der Waals surface area contributed by atoms with Crippen LogP contribution in [0, 0.1) is 5.92 Å². The number of azide groups is 1. The Balaban J connectivity index is 2.02. The zero-order chi connectivity index (χ0) is 11.6. The maximum Gasteiger partial charge on any atom is 0.407 e. The molecule has 0 unspecified atom stereocenters. The van der Waals surface area contributed by atoms with Crippen molar-refractivity contribution in [1.82, 2.24) is 5.32 Å². The van der Waals surface area contributed by atoms with Gasteiger partial charge in [-0.15, -0.1) is 0 Å². The molecule has 1 fully saturated rings. The molecule has 1 amide bonds. The molecule has 0 aromatic rings.